The van der Waals surface area contributed by atoms with Gasteiger partial charge < -0.3 is 10.4 Å². The molecule has 0 spiro atoms. The van der Waals surface area contributed by atoms with Crippen molar-refractivity contribution in [1.29, 1.82) is 0 Å². The summed E-state index contributed by atoms with van der Waals surface area (Å²) in [5, 5.41) is 13.1. The third-order valence-corrected chi connectivity index (χ3v) is 3.98. The molecular weight excluding hydrogens is 186 g/mol. The molecular formula is C13H27NO. The van der Waals surface area contributed by atoms with Gasteiger partial charge in [-0.1, -0.05) is 27.2 Å². The Bertz CT molecular complexity index is 172. The Morgan fingerprint density at radius 1 is 1.33 bits per heavy atom. The van der Waals surface area contributed by atoms with Gasteiger partial charge in [0.15, 0.2) is 0 Å². The van der Waals surface area contributed by atoms with Gasteiger partial charge in [-0.3, -0.25) is 0 Å². The van der Waals surface area contributed by atoms with E-state index < -0.39 is 0 Å². The molecule has 1 aliphatic carbocycles. The molecule has 0 aromatic rings. The third kappa shape index (κ3) is 3.18. The zero-order chi connectivity index (χ0) is 11.3. The molecule has 90 valence electrons. The molecule has 2 unspecified atom stereocenters. The van der Waals surface area contributed by atoms with Gasteiger partial charge in [-0.15, -0.1) is 0 Å². The highest BCUT2D eigenvalue weighted by Gasteiger charge is 2.38. The van der Waals surface area contributed by atoms with Crippen molar-refractivity contribution >= 4 is 0 Å². The molecule has 0 amide bonds. The molecule has 2 N–H and O–H groups in total. The van der Waals surface area contributed by atoms with Gasteiger partial charge in [0.2, 0.25) is 0 Å². The van der Waals surface area contributed by atoms with Crippen LogP contribution in [-0.4, -0.2) is 23.3 Å². The van der Waals surface area contributed by atoms with Crippen LogP contribution in [0.3, 0.4) is 0 Å². The van der Waals surface area contributed by atoms with Crippen LogP contribution in [0.15, 0.2) is 0 Å². The van der Waals surface area contributed by atoms with Gasteiger partial charge in [0.05, 0.1) is 6.61 Å². The predicted octanol–water partition coefficient (Wildman–Crippen LogP) is 2.71. The fourth-order valence-corrected chi connectivity index (χ4v) is 2.65. The zero-order valence-corrected chi connectivity index (χ0v) is 10.6. The summed E-state index contributed by atoms with van der Waals surface area (Å²) in [6.45, 7) is 7.12. The summed E-state index contributed by atoms with van der Waals surface area (Å²) in [5.41, 5.74) is 0.0721. The molecule has 15 heavy (non-hydrogen) atoms. The molecule has 0 saturated heterocycles. The van der Waals surface area contributed by atoms with Crippen LogP contribution in [0, 0.1) is 5.92 Å². The molecule has 1 rings (SSSR count). The number of rotatable bonds is 7. The van der Waals surface area contributed by atoms with Crippen molar-refractivity contribution in [2.24, 2.45) is 5.92 Å². The SMILES string of the molecule is CCCC(C)C(CC)NC1(CO)CCC1. The molecule has 0 aromatic heterocycles. The monoisotopic (exact) mass is 213 g/mol. The van der Waals surface area contributed by atoms with Crippen molar-refractivity contribution in [1.82, 2.24) is 5.32 Å². The van der Waals surface area contributed by atoms with E-state index in [-0.39, 0.29) is 5.54 Å². The Hall–Kier alpha value is -0.0800. The van der Waals surface area contributed by atoms with Crippen LogP contribution in [0.4, 0.5) is 0 Å². The predicted molar refractivity (Wildman–Crippen MR) is 65.0 cm³/mol. The normalized spacial score (nSPS) is 23.2. The van der Waals surface area contributed by atoms with Crippen molar-refractivity contribution in [2.45, 2.75) is 70.9 Å². The van der Waals surface area contributed by atoms with Gasteiger partial charge in [0, 0.05) is 11.6 Å². The summed E-state index contributed by atoms with van der Waals surface area (Å²) in [5.74, 6) is 0.726. The van der Waals surface area contributed by atoms with E-state index in [4.69, 9.17) is 0 Å². The Morgan fingerprint density at radius 3 is 2.33 bits per heavy atom. The minimum atomic E-state index is 0.0721. The fourth-order valence-electron chi connectivity index (χ4n) is 2.65. The minimum Gasteiger partial charge on any atom is -0.394 e. The Kier molecular flexibility index (Phi) is 5.07. The number of nitrogens with one attached hydrogen (secondary N) is 1. The average Bonchev–Trinajstić information content (AvgIpc) is 2.18. The highest BCUT2D eigenvalue weighted by Crippen LogP contribution is 2.33. The Balaban J connectivity index is 2.44. The van der Waals surface area contributed by atoms with Crippen LogP contribution < -0.4 is 5.32 Å². The maximum atomic E-state index is 9.43. The number of hydrogen-bond donors (Lipinski definition) is 2. The zero-order valence-electron chi connectivity index (χ0n) is 10.6. The second-order valence-corrected chi connectivity index (χ2v) is 5.22. The van der Waals surface area contributed by atoms with Crippen LogP contribution in [0.2, 0.25) is 0 Å². The van der Waals surface area contributed by atoms with Crippen molar-refractivity contribution in [3.05, 3.63) is 0 Å². The molecule has 1 saturated carbocycles. The number of hydrogen-bond acceptors (Lipinski definition) is 2. The first-order valence-corrected chi connectivity index (χ1v) is 6.56. The summed E-state index contributed by atoms with van der Waals surface area (Å²) in [6, 6.07) is 0.581. The summed E-state index contributed by atoms with van der Waals surface area (Å²) < 4.78 is 0. The van der Waals surface area contributed by atoms with E-state index in [9.17, 15) is 5.11 Å². The van der Waals surface area contributed by atoms with Gasteiger partial charge in [-0.05, 0) is 38.0 Å². The van der Waals surface area contributed by atoms with Crippen molar-refractivity contribution < 1.29 is 5.11 Å². The summed E-state index contributed by atoms with van der Waals surface area (Å²) in [7, 11) is 0. The second kappa shape index (κ2) is 5.86. The summed E-state index contributed by atoms with van der Waals surface area (Å²) >= 11 is 0. The van der Waals surface area contributed by atoms with Gasteiger partial charge in [-0.2, -0.15) is 0 Å². The highest BCUT2D eigenvalue weighted by molar-refractivity contribution is 4.97. The molecule has 2 heteroatoms. The minimum absolute atomic E-state index is 0.0721. The summed E-state index contributed by atoms with van der Waals surface area (Å²) in [6.07, 6.45) is 7.28. The van der Waals surface area contributed by atoms with Crippen LogP contribution in [0.5, 0.6) is 0 Å². The molecule has 0 radical (unpaired) electrons. The summed E-state index contributed by atoms with van der Waals surface area (Å²) in [4.78, 5) is 0. The lowest BCUT2D eigenvalue weighted by Crippen LogP contribution is -2.58. The first-order chi connectivity index (χ1) is 7.17. The third-order valence-electron chi connectivity index (χ3n) is 3.98. The van der Waals surface area contributed by atoms with Gasteiger partial charge in [-0.25, -0.2) is 0 Å². The first-order valence-electron chi connectivity index (χ1n) is 6.56. The van der Waals surface area contributed by atoms with E-state index in [0.717, 1.165) is 18.8 Å². The smallest absolute Gasteiger partial charge is 0.0613 e. The molecule has 0 aliphatic heterocycles. The van der Waals surface area contributed by atoms with E-state index in [2.05, 4.69) is 26.1 Å². The van der Waals surface area contributed by atoms with E-state index >= 15 is 0 Å². The van der Waals surface area contributed by atoms with Crippen LogP contribution in [0.25, 0.3) is 0 Å². The maximum absolute atomic E-state index is 9.43. The van der Waals surface area contributed by atoms with Gasteiger partial charge in [0.1, 0.15) is 0 Å². The van der Waals surface area contributed by atoms with Crippen molar-refractivity contribution in [2.75, 3.05) is 6.61 Å². The quantitative estimate of drug-likeness (QED) is 0.681. The van der Waals surface area contributed by atoms with Gasteiger partial charge >= 0.3 is 0 Å². The van der Waals surface area contributed by atoms with Crippen LogP contribution >= 0.6 is 0 Å². The lowest BCUT2D eigenvalue weighted by molar-refractivity contribution is 0.0665. The Labute approximate surface area is 94.5 Å². The van der Waals surface area contributed by atoms with E-state index in [1.165, 1.54) is 25.7 Å². The number of aliphatic hydroxyl groups is 1. The second-order valence-electron chi connectivity index (χ2n) is 5.22. The van der Waals surface area contributed by atoms with Crippen LogP contribution in [-0.2, 0) is 0 Å². The van der Waals surface area contributed by atoms with Crippen molar-refractivity contribution in [3.63, 3.8) is 0 Å². The topological polar surface area (TPSA) is 32.3 Å². The molecule has 1 fully saturated rings. The highest BCUT2D eigenvalue weighted by atomic mass is 16.3. The lowest BCUT2D eigenvalue weighted by atomic mass is 9.76. The maximum Gasteiger partial charge on any atom is 0.0613 e. The number of aliphatic hydroxyl groups excluding tert-OH is 1. The molecule has 2 nitrogen and oxygen atoms in total. The molecule has 0 bridgehead atoms. The fraction of sp³-hybridized carbons (Fsp3) is 1.00. The molecule has 2 atom stereocenters. The van der Waals surface area contributed by atoms with E-state index in [0.29, 0.717) is 12.6 Å². The molecule has 0 aromatic carbocycles. The largest absolute Gasteiger partial charge is 0.394 e. The first kappa shape index (κ1) is 13.0. The lowest BCUT2D eigenvalue weighted by Gasteiger charge is -2.45. The molecule has 1 aliphatic rings. The molecule has 0 heterocycles. The average molecular weight is 213 g/mol. The standard InChI is InChI=1S/C13H27NO/c1-4-7-11(3)12(5-2)14-13(10-15)8-6-9-13/h11-12,14-15H,4-10H2,1-3H3. The Morgan fingerprint density at radius 2 is 2.00 bits per heavy atom. The van der Waals surface area contributed by atoms with Crippen molar-refractivity contribution in [3.8, 4) is 0 Å². The van der Waals surface area contributed by atoms with E-state index in [1.807, 2.05) is 0 Å². The van der Waals surface area contributed by atoms with Gasteiger partial charge in [0.25, 0.3) is 0 Å². The van der Waals surface area contributed by atoms with E-state index in [1.54, 1.807) is 0 Å². The van der Waals surface area contributed by atoms with Crippen LogP contribution in [0.1, 0.15) is 59.3 Å².